The summed E-state index contributed by atoms with van der Waals surface area (Å²) in [4.78, 5) is 29.9. The van der Waals surface area contributed by atoms with Crippen LogP contribution in [0, 0.1) is 0 Å². The summed E-state index contributed by atoms with van der Waals surface area (Å²) < 4.78 is 5.69. The maximum atomic E-state index is 13.3. The molecule has 1 fully saturated rings. The van der Waals surface area contributed by atoms with Gasteiger partial charge in [0, 0.05) is 31.0 Å². The summed E-state index contributed by atoms with van der Waals surface area (Å²) in [5, 5.41) is 11.3. The van der Waals surface area contributed by atoms with E-state index < -0.39 is 17.7 Å². The number of hydrogen-bond acceptors (Lipinski definition) is 5. The first-order valence-corrected chi connectivity index (χ1v) is 11.3. The van der Waals surface area contributed by atoms with Crippen LogP contribution in [0.25, 0.3) is 5.76 Å². The Hall–Kier alpha value is -4.06. The van der Waals surface area contributed by atoms with Crippen molar-refractivity contribution in [1.29, 1.82) is 0 Å². The zero-order valence-electron chi connectivity index (χ0n) is 19.6. The lowest BCUT2D eigenvalue weighted by Gasteiger charge is -2.26. The molecule has 1 N–H and O–H groups in total. The van der Waals surface area contributed by atoms with Gasteiger partial charge in [0.15, 0.2) is 0 Å². The van der Waals surface area contributed by atoms with Crippen LogP contribution in [0.2, 0.25) is 0 Å². The number of carbonyl (C=O) groups excluding carboxylic acids is 2. The van der Waals surface area contributed by atoms with Crippen LogP contribution in [0.1, 0.15) is 30.5 Å². The number of benzene rings is 3. The fourth-order valence-corrected chi connectivity index (χ4v) is 4.07. The number of amides is 1. The van der Waals surface area contributed by atoms with Gasteiger partial charge in [0.2, 0.25) is 0 Å². The smallest absolute Gasteiger partial charge is 0.300 e. The number of aliphatic hydroxyl groups is 1. The van der Waals surface area contributed by atoms with E-state index in [2.05, 4.69) is 0 Å². The molecule has 0 spiro atoms. The molecule has 1 atom stereocenters. The molecule has 1 saturated heterocycles. The van der Waals surface area contributed by atoms with Crippen molar-refractivity contribution >= 4 is 28.8 Å². The van der Waals surface area contributed by atoms with Gasteiger partial charge in [-0.25, -0.2) is 0 Å². The third kappa shape index (κ3) is 4.39. The lowest BCUT2D eigenvalue weighted by Crippen LogP contribution is -2.29. The molecule has 1 aliphatic rings. The van der Waals surface area contributed by atoms with E-state index in [4.69, 9.17) is 4.74 Å². The second-order valence-electron chi connectivity index (χ2n) is 8.37. The lowest BCUT2D eigenvalue weighted by molar-refractivity contribution is -0.132. The van der Waals surface area contributed by atoms with E-state index in [-0.39, 0.29) is 11.3 Å². The third-order valence-electron chi connectivity index (χ3n) is 5.78. The Morgan fingerprint density at radius 2 is 1.68 bits per heavy atom. The third-order valence-corrected chi connectivity index (χ3v) is 5.78. The standard InChI is InChI=1S/C28H28N2O4/c1-4-17-34-23-12-8-9-20(18-23)26(31)24-25(19-13-15-21(16-14-19)29(2)3)30(28(33)27(24)32)22-10-6-5-7-11-22/h5-16,18,25,31H,4,17H2,1-3H3/b26-24-. The highest BCUT2D eigenvalue weighted by molar-refractivity contribution is 6.51. The van der Waals surface area contributed by atoms with E-state index in [0.29, 0.717) is 23.6 Å². The number of nitrogens with zero attached hydrogens (tertiary/aromatic N) is 2. The summed E-state index contributed by atoms with van der Waals surface area (Å²) in [6.07, 6.45) is 0.849. The Labute approximate surface area is 199 Å². The molecule has 6 heteroatoms. The van der Waals surface area contributed by atoms with Crippen molar-refractivity contribution in [1.82, 2.24) is 0 Å². The first-order chi connectivity index (χ1) is 16.4. The summed E-state index contributed by atoms with van der Waals surface area (Å²) in [7, 11) is 3.89. The number of ketones is 1. The molecule has 0 aliphatic carbocycles. The molecule has 34 heavy (non-hydrogen) atoms. The highest BCUT2D eigenvalue weighted by atomic mass is 16.5. The van der Waals surface area contributed by atoms with Gasteiger partial charge in [0.1, 0.15) is 11.5 Å². The minimum atomic E-state index is -0.765. The van der Waals surface area contributed by atoms with Crippen LogP contribution in [0.15, 0.2) is 84.4 Å². The van der Waals surface area contributed by atoms with Gasteiger partial charge in [-0.3, -0.25) is 14.5 Å². The van der Waals surface area contributed by atoms with Gasteiger partial charge in [-0.2, -0.15) is 0 Å². The molecule has 1 amide bonds. The Balaban J connectivity index is 1.87. The Morgan fingerprint density at radius 3 is 2.32 bits per heavy atom. The Kier molecular flexibility index (Phi) is 6.68. The van der Waals surface area contributed by atoms with Gasteiger partial charge in [0.25, 0.3) is 11.7 Å². The van der Waals surface area contributed by atoms with E-state index in [0.717, 1.165) is 17.7 Å². The van der Waals surface area contributed by atoms with Crippen molar-refractivity contribution in [3.8, 4) is 5.75 Å². The van der Waals surface area contributed by atoms with Crippen molar-refractivity contribution in [2.75, 3.05) is 30.5 Å². The van der Waals surface area contributed by atoms with Gasteiger partial charge in [-0.1, -0.05) is 49.4 Å². The van der Waals surface area contributed by atoms with Crippen molar-refractivity contribution in [3.63, 3.8) is 0 Å². The number of aliphatic hydroxyl groups excluding tert-OH is 1. The number of hydrogen-bond donors (Lipinski definition) is 1. The molecule has 4 rings (SSSR count). The highest BCUT2D eigenvalue weighted by Gasteiger charge is 2.46. The molecule has 3 aromatic carbocycles. The maximum absolute atomic E-state index is 13.3. The monoisotopic (exact) mass is 456 g/mol. The van der Waals surface area contributed by atoms with Crippen LogP contribution >= 0.6 is 0 Å². The molecule has 6 nitrogen and oxygen atoms in total. The molecular weight excluding hydrogens is 428 g/mol. The highest BCUT2D eigenvalue weighted by Crippen LogP contribution is 2.42. The topological polar surface area (TPSA) is 70.1 Å². The second kappa shape index (κ2) is 9.83. The summed E-state index contributed by atoms with van der Waals surface area (Å²) in [6, 6.07) is 22.9. The molecule has 1 aliphatic heterocycles. The van der Waals surface area contributed by atoms with E-state index in [9.17, 15) is 14.7 Å². The minimum Gasteiger partial charge on any atom is -0.507 e. The van der Waals surface area contributed by atoms with E-state index in [1.54, 1.807) is 36.4 Å². The zero-order valence-corrected chi connectivity index (χ0v) is 19.6. The van der Waals surface area contributed by atoms with Crippen molar-refractivity contribution in [3.05, 3.63) is 95.6 Å². The molecule has 0 saturated carbocycles. The van der Waals surface area contributed by atoms with Crippen LogP contribution in [0.5, 0.6) is 5.75 Å². The van der Waals surface area contributed by atoms with Crippen molar-refractivity contribution in [2.24, 2.45) is 0 Å². The van der Waals surface area contributed by atoms with Gasteiger partial charge in [-0.15, -0.1) is 0 Å². The molecule has 1 unspecified atom stereocenters. The molecule has 1 heterocycles. The SMILES string of the molecule is CCCOc1cccc(/C(O)=C2/C(=O)C(=O)N(c3ccccc3)C2c2ccc(N(C)C)cc2)c1. The number of ether oxygens (including phenoxy) is 1. The molecule has 0 aromatic heterocycles. The van der Waals surface area contributed by atoms with Crippen molar-refractivity contribution < 1.29 is 19.4 Å². The fourth-order valence-electron chi connectivity index (χ4n) is 4.07. The van der Waals surface area contributed by atoms with Crippen molar-refractivity contribution in [2.45, 2.75) is 19.4 Å². The van der Waals surface area contributed by atoms with Crippen LogP contribution in [0.3, 0.4) is 0 Å². The number of Topliss-reactive ketones (excluding diaryl/α,β-unsaturated/α-hetero) is 1. The Bertz CT molecular complexity index is 1220. The summed E-state index contributed by atoms with van der Waals surface area (Å²) in [5.74, 6) is -1.02. The van der Waals surface area contributed by atoms with Crippen LogP contribution in [-0.4, -0.2) is 37.5 Å². The fraction of sp³-hybridized carbons (Fsp3) is 0.214. The van der Waals surface area contributed by atoms with Crippen LogP contribution < -0.4 is 14.5 Å². The van der Waals surface area contributed by atoms with E-state index >= 15 is 0 Å². The van der Waals surface area contributed by atoms with Crippen LogP contribution in [-0.2, 0) is 9.59 Å². The lowest BCUT2D eigenvalue weighted by atomic mass is 9.95. The average Bonchev–Trinajstić information content (AvgIpc) is 3.13. The predicted octanol–water partition coefficient (Wildman–Crippen LogP) is 5.17. The number of rotatable bonds is 7. The summed E-state index contributed by atoms with van der Waals surface area (Å²) >= 11 is 0. The molecule has 0 bridgehead atoms. The number of carbonyl (C=O) groups is 2. The average molecular weight is 457 g/mol. The number of para-hydroxylation sites is 1. The molecule has 3 aromatic rings. The minimum absolute atomic E-state index is 0.0547. The maximum Gasteiger partial charge on any atom is 0.300 e. The molecular formula is C28H28N2O4. The summed E-state index contributed by atoms with van der Waals surface area (Å²) in [6.45, 7) is 2.55. The van der Waals surface area contributed by atoms with Gasteiger partial charge < -0.3 is 14.7 Å². The Morgan fingerprint density at radius 1 is 0.971 bits per heavy atom. The van der Waals surface area contributed by atoms with Gasteiger partial charge in [0.05, 0.1) is 18.2 Å². The molecule has 174 valence electrons. The summed E-state index contributed by atoms with van der Waals surface area (Å²) in [5.41, 5.74) is 2.79. The van der Waals surface area contributed by atoms with E-state index in [1.807, 2.05) is 68.4 Å². The van der Waals surface area contributed by atoms with Gasteiger partial charge in [-0.05, 0) is 48.4 Å². The van der Waals surface area contributed by atoms with Crippen LogP contribution in [0.4, 0.5) is 11.4 Å². The predicted molar refractivity (Wildman–Crippen MR) is 134 cm³/mol. The largest absolute Gasteiger partial charge is 0.507 e. The van der Waals surface area contributed by atoms with E-state index in [1.165, 1.54) is 4.90 Å². The molecule has 0 radical (unpaired) electrons. The quantitative estimate of drug-likeness (QED) is 0.302. The second-order valence-corrected chi connectivity index (χ2v) is 8.37. The first kappa shape index (κ1) is 23.1. The first-order valence-electron chi connectivity index (χ1n) is 11.3. The van der Waals surface area contributed by atoms with Gasteiger partial charge >= 0.3 is 0 Å². The number of anilines is 2. The zero-order chi connectivity index (χ0) is 24.2. The normalized spacial score (nSPS) is 17.1.